The fraction of sp³-hybridized carbons (Fsp3) is 0.269. The Balaban J connectivity index is 1.66. The molecule has 0 unspecified atom stereocenters. The third-order valence-electron chi connectivity index (χ3n) is 5.66. The first-order valence-corrected chi connectivity index (χ1v) is 11.8. The fourth-order valence-corrected chi connectivity index (χ4v) is 4.90. The number of hydrogen-bond donors (Lipinski definition) is 0. The molecular weight excluding hydrogens is 418 g/mol. The van der Waals surface area contributed by atoms with E-state index in [1.165, 1.54) is 11.8 Å². The molecular formula is C26H27N3O2S. The summed E-state index contributed by atoms with van der Waals surface area (Å²) in [5.74, 6) is 0.287. The number of hydrogen-bond acceptors (Lipinski definition) is 4. The standard InChI is InChI=1S/C26H27N3O2S/c1-4-14-28-18(2)15-22(19(28)3)24(30)17-32-26-27-23-13-9-8-12-21(23)25(31)29(26)16-20-10-6-5-7-11-20/h5-13,15H,4,14,16-17H2,1-3H3. The van der Waals surface area contributed by atoms with Crippen LogP contribution in [-0.4, -0.2) is 25.7 Å². The highest BCUT2D eigenvalue weighted by atomic mass is 32.2. The molecule has 164 valence electrons. The summed E-state index contributed by atoms with van der Waals surface area (Å²) < 4.78 is 3.87. The number of thioether (sulfide) groups is 1. The molecule has 2 heterocycles. The van der Waals surface area contributed by atoms with E-state index in [4.69, 9.17) is 4.98 Å². The highest BCUT2D eigenvalue weighted by Gasteiger charge is 2.18. The average Bonchev–Trinajstić information content (AvgIpc) is 3.09. The number of nitrogens with zero attached hydrogens (tertiary/aromatic N) is 3. The molecule has 0 saturated carbocycles. The van der Waals surface area contributed by atoms with Crippen LogP contribution in [0.5, 0.6) is 0 Å². The lowest BCUT2D eigenvalue weighted by Gasteiger charge is -2.13. The second kappa shape index (κ2) is 9.57. The van der Waals surface area contributed by atoms with E-state index in [2.05, 4.69) is 11.5 Å². The van der Waals surface area contributed by atoms with Crippen LogP contribution in [0.4, 0.5) is 0 Å². The molecule has 0 atom stereocenters. The summed E-state index contributed by atoms with van der Waals surface area (Å²) in [5, 5.41) is 1.15. The molecule has 2 aromatic carbocycles. The van der Waals surface area contributed by atoms with Crippen LogP contribution < -0.4 is 5.56 Å². The van der Waals surface area contributed by atoms with Gasteiger partial charge in [-0.25, -0.2) is 4.98 Å². The third-order valence-corrected chi connectivity index (χ3v) is 6.64. The molecule has 0 aliphatic rings. The highest BCUT2D eigenvalue weighted by Crippen LogP contribution is 2.23. The second-order valence-electron chi connectivity index (χ2n) is 7.94. The summed E-state index contributed by atoms with van der Waals surface area (Å²) in [5.41, 5.74) is 4.43. The molecule has 0 radical (unpaired) electrons. The molecule has 0 N–H and O–H groups in total. The van der Waals surface area contributed by atoms with E-state index in [1.807, 2.05) is 68.4 Å². The Bertz CT molecular complexity index is 1320. The van der Waals surface area contributed by atoms with Crippen molar-refractivity contribution in [3.05, 3.63) is 93.5 Å². The van der Waals surface area contributed by atoms with Crippen molar-refractivity contribution in [1.29, 1.82) is 0 Å². The first-order chi connectivity index (χ1) is 15.5. The Morgan fingerprint density at radius 2 is 1.72 bits per heavy atom. The van der Waals surface area contributed by atoms with Gasteiger partial charge in [0.05, 0.1) is 23.2 Å². The number of rotatable bonds is 8. The summed E-state index contributed by atoms with van der Waals surface area (Å²) in [7, 11) is 0. The van der Waals surface area contributed by atoms with Gasteiger partial charge in [-0.1, -0.05) is 61.2 Å². The molecule has 0 bridgehead atoms. The van der Waals surface area contributed by atoms with E-state index in [1.54, 1.807) is 10.6 Å². The van der Waals surface area contributed by atoms with Gasteiger partial charge in [0.1, 0.15) is 0 Å². The molecule has 0 saturated heterocycles. The topological polar surface area (TPSA) is 56.9 Å². The molecule has 4 aromatic rings. The summed E-state index contributed by atoms with van der Waals surface area (Å²) in [6.07, 6.45) is 1.02. The SMILES string of the molecule is CCCn1c(C)cc(C(=O)CSc2nc3ccccc3c(=O)n2Cc2ccccc2)c1C. The van der Waals surface area contributed by atoms with Crippen LogP contribution in [0, 0.1) is 13.8 Å². The minimum Gasteiger partial charge on any atom is -0.348 e. The lowest BCUT2D eigenvalue weighted by molar-refractivity contribution is 0.102. The van der Waals surface area contributed by atoms with E-state index in [0.29, 0.717) is 22.6 Å². The smallest absolute Gasteiger partial charge is 0.262 e. The van der Waals surface area contributed by atoms with Gasteiger partial charge in [-0.3, -0.25) is 14.2 Å². The zero-order valence-electron chi connectivity index (χ0n) is 18.7. The maximum atomic E-state index is 13.3. The molecule has 0 aliphatic heterocycles. The number of benzene rings is 2. The summed E-state index contributed by atoms with van der Waals surface area (Å²) >= 11 is 1.33. The maximum absolute atomic E-state index is 13.3. The van der Waals surface area contributed by atoms with E-state index < -0.39 is 0 Å². The molecule has 2 aromatic heterocycles. The minimum absolute atomic E-state index is 0.0547. The van der Waals surface area contributed by atoms with Crippen LogP contribution in [0.3, 0.4) is 0 Å². The number of carbonyl (C=O) groups is 1. The van der Waals surface area contributed by atoms with Crippen LogP contribution in [-0.2, 0) is 13.1 Å². The van der Waals surface area contributed by atoms with Crippen LogP contribution in [0.25, 0.3) is 10.9 Å². The third kappa shape index (κ3) is 4.41. The Labute approximate surface area is 192 Å². The Kier molecular flexibility index (Phi) is 6.61. The molecule has 4 rings (SSSR count). The number of Topliss-reactive ketones (excluding diaryl/α,β-unsaturated/α-hetero) is 1. The molecule has 0 aliphatic carbocycles. The van der Waals surface area contributed by atoms with Gasteiger partial charge in [0.25, 0.3) is 5.56 Å². The van der Waals surface area contributed by atoms with Gasteiger partial charge in [0.15, 0.2) is 10.9 Å². The van der Waals surface area contributed by atoms with E-state index in [9.17, 15) is 9.59 Å². The Morgan fingerprint density at radius 3 is 2.47 bits per heavy atom. The number of para-hydroxylation sites is 1. The van der Waals surface area contributed by atoms with Crippen molar-refractivity contribution in [1.82, 2.24) is 14.1 Å². The minimum atomic E-state index is -0.0875. The predicted octanol–water partition coefficient (Wildman–Crippen LogP) is 5.25. The first kappa shape index (κ1) is 22.1. The molecule has 32 heavy (non-hydrogen) atoms. The summed E-state index contributed by atoms with van der Waals surface area (Å²) in [6, 6.07) is 19.2. The number of ketones is 1. The normalized spacial score (nSPS) is 11.2. The zero-order chi connectivity index (χ0) is 22.7. The highest BCUT2D eigenvalue weighted by molar-refractivity contribution is 7.99. The van der Waals surface area contributed by atoms with Crippen LogP contribution >= 0.6 is 11.8 Å². The average molecular weight is 446 g/mol. The van der Waals surface area contributed by atoms with Gasteiger partial charge in [0, 0.05) is 23.5 Å². The predicted molar refractivity (Wildman–Crippen MR) is 131 cm³/mol. The quantitative estimate of drug-likeness (QED) is 0.211. The Hall–Kier alpha value is -3.12. The largest absolute Gasteiger partial charge is 0.348 e. The van der Waals surface area contributed by atoms with E-state index in [-0.39, 0.29) is 17.1 Å². The monoisotopic (exact) mass is 445 g/mol. The van der Waals surface area contributed by atoms with Crippen LogP contribution in [0.1, 0.15) is 40.7 Å². The maximum Gasteiger partial charge on any atom is 0.262 e. The van der Waals surface area contributed by atoms with Crippen molar-refractivity contribution in [2.24, 2.45) is 0 Å². The Morgan fingerprint density at radius 1 is 1.00 bits per heavy atom. The van der Waals surface area contributed by atoms with Gasteiger partial charge in [-0.05, 0) is 44.0 Å². The molecule has 5 nitrogen and oxygen atoms in total. The molecule has 0 fully saturated rings. The molecule has 6 heteroatoms. The lowest BCUT2D eigenvalue weighted by Crippen LogP contribution is -2.24. The van der Waals surface area contributed by atoms with Gasteiger partial charge >= 0.3 is 0 Å². The van der Waals surface area contributed by atoms with Crippen molar-refractivity contribution < 1.29 is 4.79 Å². The number of aryl methyl sites for hydroxylation is 1. The molecule has 0 amide bonds. The second-order valence-corrected chi connectivity index (χ2v) is 8.88. The van der Waals surface area contributed by atoms with Gasteiger partial charge in [0.2, 0.25) is 0 Å². The van der Waals surface area contributed by atoms with E-state index >= 15 is 0 Å². The number of carbonyl (C=O) groups excluding carboxylic acids is 1. The first-order valence-electron chi connectivity index (χ1n) is 10.9. The van der Waals surface area contributed by atoms with Gasteiger partial charge in [-0.15, -0.1) is 0 Å². The summed E-state index contributed by atoms with van der Waals surface area (Å²) in [4.78, 5) is 31.1. The lowest BCUT2D eigenvalue weighted by atomic mass is 10.2. The van der Waals surface area contributed by atoms with Crippen molar-refractivity contribution in [2.75, 3.05) is 5.75 Å². The van der Waals surface area contributed by atoms with Gasteiger partial charge in [-0.2, -0.15) is 0 Å². The van der Waals surface area contributed by atoms with Gasteiger partial charge < -0.3 is 4.57 Å². The zero-order valence-corrected chi connectivity index (χ0v) is 19.5. The van der Waals surface area contributed by atoms with Crippen molar-refractivity contribution >= 4 is 28.4 Å². The van der Waals surface area contributed by atoms with E-state index in [0.717, 1.165) is 35.5 Å². The summed E-state index contributed by atoms with van der Waals surface area (Å²) in [6.45, 7) is 7.49. The van der Waals surface area contributed by atoms with Crippen molar-refractivity contribution in [3.63, 3.8) is 0 Å². The fourth-order valence-electron chi connectivity index (χ4n) is 4.02. The molecule has 0 spiro atoms. The van der Waals surface area contributed by atoms with Crippen LogP contribution in [0.2, 0.25) is 0 Å². The number of fused-ring (bicyclic) bond motifs is 1. The van der Waals surface area contributed by atoms with Crippen LogP contribution in [0.15, 0.2) is 70.6 Å². The van der Waals surface area contributed by atoms with Crippen molar-refractivity contribution in [3.8, 4) is 0 Å². The number of aromatic nitrogens is 3. The van der Waals surface area contributed by atoms with Crippen molar-refractivity contribution in [2.45, 2.75) is 45.4 Å².